The smallest absolute Gasteiger partial charge is 0.154 e. The van der Waals surface area contributed by atoms with Gasteiger partial charge in [-0.05, 0) is 30.9 Å². The minimum Gasteiger partial charge on any atom is -0.271 e. The number of hydrogen-bond acceptors (Lipinski definition) is 4. The highest BCUT2D eigenvalue weighted by Crippen LogP contribution is 2.24. The van der Waals surface area contributed by atoms with Crippen molar-refractivity contribution in [2.24, 2.45) is 5.84 Å². The van der Waals surface area contributed by atoms with Crippen molar-refractivity contribution in [1.29, 1.82) is 0 Å². The first kappa shape index (κ1) is 15.3. The third-order valence-corrected chi connectivity index (χ3v) is 6.09. The average Bonchev–Trinajstić information content (AvgIpc) is 2.38. The van der Waals surface area contributed by atoms with Crippen molar-refractivity contribution in [1.82, 2.24) is 5.43 Å². The SMILES string of the molecule is NNC(Cc1ccc(F)cc1F)C1CCCCS1(=O)=O. The third kappa shape index (κ3) is 3.34. The van der Waals surface area contributed by atoms with E-state index in [2.05, 4.69) is 5.43 Å². The van der Waals surface area contributed by atoms with Gasteiger partial charge in [-0.15, -0.1) is 0 Å². The van der Waals surface area contributed by atoms with E-state index in [0.29, 0.717) is 12.8 Å². The minimum absolute atomic E-state index is 0.118. The molecule has 0 saturated carbocycles. The van der Waals surface area contributed by atoms with Crippen LogP contribution in [0.15, 0.2) is 18.2 Å². The van der Waals surface area contributed by atoms with Crippen LogP contribution >= 0.6 is 0 Å². The van der Waals surface area contributed by atoms with E-state index < -0.39 is 32.8 Å². The molecule has 0 bridgehead atoms. The molecule has 1 heterocycles. The van der Waals surface area contributed by atoms with Crippen LogP contribution in [0.5, 0.6) is 0 Å². The summed E-state index contributed by atoms with van der Waals surface area (Å²) >= 11 is 0. The summed E-state index contributed by atoms with van der Waals surface area (Å²) in [4.78, 5) is 0. The van der Waals surface area contributed by atoms with Gasteiger partial charge in [0.25, 0.3) is 0 Å². The van der Waals surface area contributed by atoms with Crippen molar-refractivity contribution in [3.63, 3.8) is 0 Å². The topological polar surface area (TPSA) is 72.2 Å². The quantitative estimate of drug-likeness (QED) is 0.650. The summed E-state index contributed by atoms with van der Waals surface area (Å²) in [5.41, 5.74) is 2.74. The number of hydrazine groups is 1. The zero-order valence-electron chi connectivity index (χ0n) is 11.0. The van der Waals surface area contributed by atoms with Gasteiger partial charge in [0, 0.05) is 12.1 Å². The van der Waals surface area contributed by atoms with Crippen molar-refractivity contribution < 1.29 is 17.2 Å². The van der Waals surface area contributed by atoms with Gasteiger partial charge in [-0.1, -0.05) is 12.5 Å². The van der Waals surface area contributed by atoms with Crippen molar-refractivity contribution in [3.8, 4) is 0 Å². The van der Waals surface area contributed by atoms with Gasteiger partial charge in [-0.3, -0.25) is 11.3 Å². The molecule has 1 aromatic carbocycles. The van der Waals surface area contributed by atoms with E-state index in [1.807, 2.05) is 0 Å². The Bertz CT molecular complexity index is 578. The number of benzene rings is 1. The summed E-state index contributed by atoms with van der Waals surface area (Å²) in [5.74, 6) is 4.24. The second kappa shape index (κ2) is 6.15. The lowest BCUT2D eigenvalue weighted by molar-refractivity contribution is 0.434. The Morgan fingerprint density at radius 1 is 1.35 bits per heavy atom. The Kier molecular flexibility index (Phi) is 4.72. The van der Waals surface area contributed by atoms with Gasteiger partial charge >= 0.3 is 0 Å². The molecule has 3 N–H and O–H groups in total. The largest absolute Gasteiger partial charge is 0.271 e. The predicted molar refractivity (Wildman–Crippen MR) is 72.6 cm³/mol. The van der Waals surface area contributed by atoms with E-state index >= 15 is 0 Å². The molecule has 7 heteroatoms. The predicted octanol–water partition coefficient (Wildman–Crippen LogP) is 1.31. The Balaban J connectivity index is 2.20. The van der Waals surface area contributed by atoms with E-state index in [4.69, 9.17) is 5.84 Å². The van der Waals surface area contributed by atoms with E-state index in [9.17, 15) is 17.2 Å². The van der Waals surface area contributed by atoms with Crippen LogP contribution in [0, 0.1) is 11.6 Å². The van der Waals surface area contributed by atoms with Gasteiger partial charge in [0.2, 0.25) is 0 Å². The Morgan fingerprint density at radius 2 is 2.10 bits per heavy atom. The first-order chi connectivity index (χ1) is 9.44. The minimum atomic E-state index is -3.22. The van der Waals surface area contributed by atoms with Gasteiger partial charge in [0.05, 0.1) is 11.0 Å². The van der Waals surface area contributed by atoms with Gasteiger partial charge in [0.1, 0.15) is 11.6 Å². The monoisotopic (exact) mass is 304 g/mol. The zero-order valence-corrected chi connectivity index (χ0v) is 11.8. The summed E-state index contributed by atoms with van der Waals surface area (Å²) in [7, 11) is -3.22. The molecule has 1 saturated heterocycles. The molecule has 112 valence electrons. The molecular formula is C13H18F2N2O2S. The molecule has 2 atom stereocenters. The normalized spacial score (nSPS) is 23.4. The molecule has 0 aromatic heterocycles. The maximum absolute atomic E-state index is 13.6. The lowest BCUT2D eigenvalue weighted by Gasteiger charge is -2.29. The molecular weight excluding hydrogens is 286 g/mol. The number of halogens is 2. The van der Waals surface area contributed by atoms with Crippen molar-refractivity contribution in [2.45, 2.75) is 37.0 Å². The average molecular weight is 304 g/mol. The van der Waals surface area contributed by atoms with Crippen LogP contribution in [0.2, 0.25) is 0 Å². The number of sulfone groups is 1. The Morgan fingerprint density at radius 3 is 2.70 bits per heavy atom. The summed E-state index contributed by atoms with van der Waals surface area (Å²) in [6, 6.07) is 2.70. The summed E-state index contributed by atoms with van der Waals surface area (Å²) in [6.07, 6.45) is 2.10. The first-order valence-corrected chi connectivity index (χ1v) is 8.27. The molecule has 1 aliphatic rings. The molecule has 4 nitrogen and oxygen atoms in total. The number of nitrogens with two attached hydrogens (primary N) is 1. The van der Waals surface area contributed by atoms with Crippen molar-refractivity contribution >= 4 is 9.84 Å². The van der Waals surface area contributed by atoms with Gasteiger partial charge in [-0.2, -0.15) is 0 Å². The summed E-state index contributed by atoms with van der Waals surface area (Å²) in [6.45, 7) is 0. The number of nitrogens with one attached hydrogen (secondary N) is 1. The Hall–Kier alpha value is -1.05. The van der Waals surface area contributed by atoms with Crippen LogP contribution in [0.1, 0.15) is 24.8 Å². The zero-order chi connectivity index (χ0) is 14.8. The molecule has 1 aliphatic heterocycles. The Labute approximate surface area is 117 Å². The molecule has 0 aliphatic carbocycles. The maximum Gasteiger partial charge on any atom is 0.154 e. The van der Waals surface area contributed by atoms with Crippen LogP contribution in [0.4, 0.5) is 8.78 Å². The second-order valence-electron chi connectivity index (χ2n) is 5.11. The van der Waals surface area contributed by atoms with E-state index in [0.717, 1.165) is 18.6 Å². The second-order valence-corrected chi connectivity index (χ2v) is 7.45. The van der Waals surface area contributed by atoms with Crippen molar-refractivity contribution in [2.75, 3.05) is 5.75 Å². The lowest BCUT2D eigenvalue weighted by Crippen LogP contribution is -2.50. The highest BCUT2D eigenvalue weighted by molar-refractivity contribution is 7.92. The third-order valence-electron chi connectivity index (χ3n) is 3.75. The highest BCUT2D eigenvalue weighted by atomic mass is 32.2. The van der Waals surface area contributed by atoms with Crippen molar-refractivity contribution in [3.05, 3.63) is 35.4 Å². The van der Waals surface area contributed by atoms with Gasteiger partial charge in [-0.25, -0.2) is 17.2 Å². The number of rotatable bonds is 4. The number of hydrogen-bond donors (Lipinski definition) is 2. The molecule has 0 amide bonds. The van der Waals surface area contributed by atoms with Crippen LogP contribution < -0.4 is 11.3 Å². The molecule has 0 spiro atoms. The maximum atomic E-state index is 13.6. The van der Waals surface area contributed by atoms with Gasteiger partial charge in [0.15, 0.2) is 9.84 Å². The van der Waals surface area contributed by atoms with Crippen LogP contribution in [0.3, 0.4) is 0 Å². The van der Waals surface area contributed by atoms with Gasteiger partial charge < -0.3 is 0 Å². The van der Waals surface area contributed by atoms with Crippen LogP contribution in [0.25, 0.3) is 0 Å². The fourth-order valence-electron chi connectivity index (χ4n) is 2.65. The highest BCUT2D eigenvalue weighted by Gasteiger charge is 2.35. The fourth-order valence-corrected chi connectivity index (χ4v) is 4.76. The molecule has 20 heavy (non-hydrogen) atoms. The van der Waals surface area contributed by atoms with E-state index in [1.165, 1.54) is 6.07 Å². The molecule has 1 fully saturated rings. The van der Waals surface area contributed by atoms with E-state index in [-0.39, 0.29) is 17.7 Å². The fraction of sp³-hybridized carbons (Fsp3) is 0.538. The summed E-state index contributed by atoms with van der Waals surface area (Å²) < 4.78 is 50.6. The van der Waals surface area contributed by atoms with E-state index in [1.54, 1.807) is 0 Å². The molecule has 2 unspecified atom stereocenters. The molecule has 1 aromatic rings. The molecule has 2 rings (SSSR count). The standard InChI is InChI=1S/C13H18F2N2O2S/c14-10-5-4-9(11(15)8-10)7-12(17-16)13-3-1-2-6-20(13,18)19/h4-5,8,12-13,17H,1-3,6-7,16H2. The lowest BCUT2D eigenvalue weighted by atomic mass is 9.99. The van der Waals surface area contributed by atoms with Crippen LogP contribution in [-0.2, 0) is 16.3 Å². The summed E-state index contributed by atoms with van der Waals surface area (Å²) in [5, 5.41) is -0.620. The molecule has 0 radical (unpaired) electrons. The first-order valence-electron chi connectivity index (χ1n) is 6.55. The van der Waals surface area contributed by atoms with Crippen LogP contribution in [-0.4, -0.2) is 25.5 Å².